The lowest BCUT2D eigenvalue weighted by Gasteiger charge is -2.15. The van der Waals surface area contributed by atoms with Crippen LogP contribution in [0.25, 0.3) is 11.3 Å². The smallest absolute Gasteiger partial charge is 0.238 e. The molecule has 0 aliphatic carbocycles. The van der Waals surface area contributed by atoms with Crippen LogP contribution in [-0.4, -0.2) is 12.4 Å². The van der Waals surface area contributed by atoms with E-state index in [9.17, 15) is 8.42 Å². The van der Waals surface area contributed by atoms with Crippen molar-refractivity contribution in [1.82, 2.24) is 3.97 Å². The first-order chi connectivity index (χ1) is 12.4. The maximum atomic E-state index is 13.4. The lowest BCUT2D eigenvalue weighted by Crippen LogP contribution is -2.17. The highest BCUT2D eigenvalue weighted by atomic mass is 79.9. The van der Waals surface area contributed by atoms with Crippen molar-refractivity contribution in [1.29, 1.82) is 0 Å². The number of unbranched alkanes of at least 4 members (excludes halogenated alkanes) is 1. The van der Waals surface area contributed by atoms with E-state index in [-0.39, 0.29) is 0 Å². The first-order valence-electron chi connectivity index (χ1n) is 8.72. The molecule has 0 saturated heterocycles. The summed E-state index contributed by atoms with van der Waals surface area (Å²) in [7, 11) is -3.66. The van der Waals surface area contributed by atoms with Gasteiger partial charge in [0.2, 0.25) is 0 Å². The lowest BCUT2D eigenvalue weighted by atomic mass is 10.2. The van der Waals surface area contributed by atoms with Gasteiger partial charge < -0.3 is 0 Å². The first kappa shape index (κ1) is 18.9. The minimum absolute atomic E-state index is 0.315. The Bertz CT molecular complexity index is 987. The average Bonchev–Trinajstić information content (AvgIpc) is 3.05. The van der Waals surface area contributed by atoms with E-state index in [2.05, 4.69) is 22.9 Å². The third-order valence-corrected chi connectivity index (χ3v) is 6.71. The lowest BCUT2D eigenvalue weighted by molar-refractivity contribution is 0.585. The molecule has 26 heavy (non-hydrogen) atoms. The molecule has 0 amide bonds. The summed E-state index contributed by atoms with van der Waals surface area (Å²) < 4.78 is 29.3. The molecule has 0 fully saturated rings. The van der Waals surface area contributed by atoms with E-state index in [1.165, 1.54) is 3.97 Å². The molecule has 0 atom stereocenters. The van der Waals surface area contributed by atoms with E-state index in [0.29, 0.717) is 10.6 Å². The summed E-state index contributed by atoms with van der Waals surface area (Å²) in [5.74, 6) is 0. The molecule has 5 heteroatoms. The number of benzene rings is 2. The summed E-state index contributed by atoms with van der Waals surface area (Å²) in [5, 5.41) is 0. The van der Waals surface area contributed by atoms with Gasteiger partial charge in [-0.15, -0.1) is 0 Å². The molecule has 0 radical (unpaired) electrons. The van der Waals surface area contributed by atoms with Gasteiger partial charge in [0.15, 0.2) is 0 Å². The van der Waals surface area contributed by atoms with Gasteiger partial charge in [0.05, 0.1) is 10.6 Å². The number of hydrogen-bond acceptors (Lipinski definition) is 2. The van der Waals surface area contributed by atoms with Gasteiger partial charge in [0.1, 0.15) is 0 Å². The Kier molecular flexibility index (Phi) is 5.68. The van der Waals surface area contributed by atoms with E-state index >= 15 is 0 Å². The van der Waals surface area contributed by atoms with Crippen molar-refractivity contribution in [2.24, 2.45) is 0 Å². The van der Waals surface area contributed by atoms with Gasteiger partial charge in [-0.05, 0) is 61.7 Å². The summed E-state index contributed by atoms with van der Waals surface area (Å²) in [6.45, 7) is 4.06. The van der Waals surface area contributed by atoms with Gasteiger partial charge in [-0.3, -0.25) is 0 Å². The van der Waals surface area contributed by atoms with Crippen molar-refractivity contribution in [3.05, 3.63) is 76.4 Å². The molecule has 0 N–H and O–H groups in total. The Balaban J connectivity index is 2.17. The molecule has 0 bridgehead atoms. The van der Waals surface area contributed by atoms with E-state index in [1.807, 2.05) is 55.5 Å². The predicted molar refractivity (Wildman–Crippen MR) is 110 cm³/mol. The van der Waals surface area contributed by atoms with Crippen LogP contribution in [0.1, 0.15) is 31.0 Å². The Morgan fingerprint density at radius 2 is 1.58 bits per heavy atom. The van der Waals surface area contributed by atoms with E-state index in [4.69, 9.17) is 0 Å². The molecule has 0 saturated carbocycles. The molecular weight excluding hydrogens is 410 g/mol. The van der Waals surface area contributed by atoms with Gasteiger partial charge in [0, 0.05) is 10.2 Å². The maximum absolute atomic E-state index is 13.4. The molecule has 0 aliphatic rings. The van der Waals surface area contributed by atoms with Crippen molar-refractivity contribution in [2.75, 3.05) is 0 Å². The third kappa shape index (κ3) is 3.79. The van der Waals surface area contributed by atoms with Crippen LogP contribution in [0.2, 0.25) is 0 Å². The minimum atomic E-state index is -3.66. The van der Waals surface area contributed by atoms with Crippen LogP contribution in [-0.2, 0) is 16.4 Å². The highest BCUT2D eigenvalue weighted by molar-refractivity contribution is 9.10. The number of halogens is 1. The third-order valence-electron chi connectivity index (χ3n) is 4.40. The number of hydrogen-bond donors (Lipinski definition) is 0. The molecule has 0 spiro atoms. The quantitative estimate of drug-likeness (QED) is 0.494. The van der Waals surface area contributed by atoms with Crippen molar-refractivity contribution < 1.29 is 8.42 Å². The van der Waals surface area contributed by atoms with Crippen molar-refractivity contribution in [3.8, 4) is 11.3 Å². The van der Waals surface area contributed by atoms with Crippen LogP contribution in [0, 0.1) is 6.92 Å². The SMILES string of the molecule is CCCCc1ccc(-c2ccc(Br)cc2)n1S(=O)(=O)c1ccc(C)cc1. The standard InChI is InChI=1S/C21H22BrNO2S/c1-3-4-5-19-12-15-21(17-8-10-18(22)11-9-17)23(19)26(24,25)20-13-6-16(2)7-14-20/h6-15H,3-5H2,1-2H3. The zero-order valence-electron chi connectivity index (χ0n) is 14.9. The van der Waals surface area contributed by atoms with E-state index < -0.39 is 10.0 Å². The average molecular weight is 432 g/mol. The molecule has 136 valence electrons. The molecule has 3 aromatic rings. The highest BCUT2D eigenvalue weighted by Gasteiger charge is 2.23. The van der Waals surface area contributed by atoms with E-state index in [1.54, 1.807) is 12.1 Å². The summed E-state index contributed by atoms with van der Waals surface area (Å²) in [4.78, 5) is 0.315. The fraction of sp³-hybridized carbons (Fsp3) is 0.238. The topological polar surface area (TPSA) is 39.1 Å². The number of aromatic nitrogens is 1. The monoisotopic (exact) mass is 431 g/mol. The van der Waals surface area contributed by atoms with Crippen molar-refractivity contribution in [2.45, 2.75) is 38.0 Å². The minimum Gasteiger partial charge on any atom is -0.238 e. The van der Waals surface area contributed by atoms with Crippen LogP contribution in [0.4, 0.5) is 0 Å². The van der Waals surface area contributed by atoms with Crippen molar-refractivity contribution in [3.63, 3.8) is 0 Å². The second-order valence-electron chi connectivity index (χ2n) is 6.40. The Hall–Kier alpha value is -1.85. The summed E-state index contributed by atoms with van der Waals surface area (Å²) >= 11 is 3.43. The van der Waals surface area contributed by atoms with Gasteiger partial charge in [-0.1, -0.05) is 59.1 Å². The molecule has 0 aliphatic heterocycles. The van der Waals surface area contributed by atoms with E-state index in [0.717, 1.165) is 40.6 Å². The second-order valence-corrected chi connectivity index (χ2v) is 9.11. The maximum Gasteiger partial charge on any atom is 0.268 e. The Morgan fingerprint density at radius 1 is 0.923 bits per heavy atom. The fourth-order valence-corrected chi connectivity index (χ4v) is 4.78. The molecule has 3 nitrogen and oxygen atoms in total. The fourth-order valence-electron chi connectivity index (χ4n) is 2.94. The molecule has 1 heterocycles. The zero-order valence-corrected chi connectivity index (χ0v) is 17.3. The molecule has 1 aromatic heterocycles. The number of nitrogens with zero attached hydrogens (tertiary/aromatic N) is 1. The van der Waals surface area contributed by atoms with Gasteiger partial charge in [-0.2, -0.15) is 0 Å². The number of aryl methyl sites for hydroxylation is 2. The number of rotatable bonds is 6. The van der Waals surface area contributed by atoms with Crippen molar-refractivity contribution >= 4 is 26.0 Å². The van der Waals surface area contributed by atoms with Crippen LogP contribution in [0.3, 0.4) is 0 Å². The predicted octanol–water partition coefficient (Wildman–Crippen LogP) is 5.81. The van der Waals surface area contributed by atoms with Crippen LogP contribution >= 0.6 is 15.9 Å². The summed E-state index contributed by atoms with van der Waals surface area (Å²) in [6, 6.07) is 18.6. The Labute approximate surface area is 163 Å². The second kappa shape index (κ2) is 7.80. The van der Waals surface area contributed by atoms with Gasteiger partial charge in [-0.25, -0.2) is 12.4 Å². The normalized spacial score (nSPS) is 11.7. The summed E-state index contributed by atoms with van der Waals surface area (Å²) in [6.07, 6.45) is 2.70. The van der Waals surface area contributed by atoms with Crippen LogP contribution < -0.4 is 0 Å². The molecule has 0 unspecified atom stereocenters. The van der Waals surface area contributed by atoms with Crippen LogP contribution in [0.15, 0.2) is 70.0 Å². The molecule has 2 aromatic carbocycles. The molecule has 3 rings (SSSR count). The Morgan fingerprint density at radius 3 is 2.19 bits per heavy atom. The van der Waals surface area contributed by atoms with Gasteiger partial charge in [0.25, 0.3) is 10.0 Å². The first-order valence-corrected chi connectivity index (χ1v) is 11.0. The zero-order chi connectivity index (χ0) is 18.7. The summed E-state index contributed by atoms with van der Waals surface area (Å²) in [5.41, 5.74) is 3.44. The largest absolute Gasteiger partial charge is 0.268 e. The molecular formula is C21H22BrNO2S. The van der Waals surface area contributed by atoms with Crippen LogP contribution in [0.5, 0.6) is 0 Å². The van der Waals surface area contributed by atoms with Gasteiger partial charge >= 0.3 is 0 Å². The highest BCUT2D eigenvalue weighted by Crippen LogP contribution is 2.29.